The van der Waals surface area contributed by atoms with E-state index in [2.05, 4.69) is 6.92 Å². The van der Waals surface area contributed by atoms with E-state index in [1.807, 2.05) is 6.92 Å². The quantitative estimate of drug-likeness (QED) is 0.0699. The van der Waals surface area contributed by atoms with Gasteiger partial charge in [0.05, 0.1) is 54.7 Å². The Hall–Kier alpha value is -0.730. The van der Waals surface area contributed by atoms with E-state index in [9.17, 15) is 20.1 Å². The SMILES string of the molecule is CCCCCCCCCC[C@@H](O)[C@H]1CC[C@H]([C@H]2CC[C@H]([C@H](O)CCCCCCCCCC[C@@H](O)CC3C[C@H](C)OC3=O)O2)O1. The molecule has 1 unspecified atom stereocenters. The molecule has 7 heteroatoms. The van der Waals surface area contributed by atoms with Gasteiger partial charge in [-0.2, -0.15) is 0 Å². The van der Waals surface area contributed by atoms with E-state index in [-0.39, 0.29) is 48.5 Å². The summed E-state index contributed by atoms with van der Waals surface area (Å²) in [5.74, 6) is -0.264. The largest absolute Gasteiger partial charge is 0.462 e. The van der Waals surface area contributed by atoms with E-state index >= 15 is 0 Å². The average Bonchev–Trinajstić information content (AvgIpc) is 3.75. The van der Waals surface area contributed by atoms with Gasteiger partial charge in [0.2, 0.25) is 0 Å². The van der Waals surface area contributed by atoms with Gasteiger partial charge in [0.15, 0.2) is 0 Å². The first kappa shape index (κ1) is 37.7. The fourth-order valence-electron chi connectivity index (χ4n) is 7.62. The normalized spacial score (nSPS) is 29.2. The third kappa shape index (κ3) is 14.4. The summed E-state index contributed by atoms with van der Waals surface area (Å²) in [6.45, 7) is 4.17. The molecule has 3 rings (SSSR count). The van der Waals surface area contributed by atoms with E-state index < -0.39 is 12.2 Å². The van der Waals surface area contributed by atoms with Gasteiger partial charge >= 0.3 is 5.97 Å². The summed E-state index contributed by atoms with van der Waals surface area (Å²) in [7, 11) is 0. The molecule has 0 bridgehead atoms. The molecule has 3 aliphatic heterocycles. The Balaban J connectivity index is 1.12. The summed E-state index contributed by atoms with van der Waals surface area (Å²) < 4.78 is 17.8. The van der Waals surface area contributed by atoms with Crippen LogP contribution in [0.3, 0.4) is 0 Å². The van der Waals surface area contributed by atoms with Gasteiger partial charge < -0.3 is 29.5 Å². The Morgan fingerprint density at radius 2 is 1.07 bits per heavy atom. The Labute approximate surface area is 269 Å². The molecular weight excluding hydrogens is 556 g/mol. The van der Waals surface area contributed by atoms with Crippen molar-refractivity contribution in [3.8, 4) is 0 Å². The summed E-state index contributed by atoms with van der Waals surface area (Å²) >= 11 is 0. The van der Waals surface area contributed by atoms with Crippen LogP contribution in [0.15, 0.2) is 0 Å². The lowest BCUT2D eigenvalue weighted by molar-refractivity contribution is -0.144. The topological polar surface area (TPSA) is 105 Å². The van der Waals surface area contributed by atoms with Crippen molar-refractivity contribution >= 4 is 5.97 Å². The molecule has 7 nitrogen and oxygen atoms in total. The van der Waals surface area contributed by atoms with Crippen molar-refractivity contribution in [3.63, 3.8) is 0 Å². The molecule has 0 saturated carbocycles. The second-order valence-electron chi connectivity index (χ2n) is 14.5. The number of aliphatic hydroxyl groups excluding tert-OH is 3. The standard InChI is InChI=1S/C37H68O7/c1-3-4-5-6-7-11-14-17-20-31(39)33-22-24-35(43-33)36-25-23-34(44-36)32(40)21-18-15-12-9-8-10-13-16-19-30(38)27-29-26-28(2)42-37(29)41/h28-36,38-40H,3-27H2,1-2H3/t28-,29?,30+,31+,32+,33+,34+,35+,36+/m0/s1. The number of aliphatic hydroxyl groups is 3. The Morgan fingerprint density at radius 3 is 1.50 bits per heavy atom. The van der Waals surface area contributed by atoms with Crippen molar-refractivity contribution in [2.75, 3.05) is 0 Å². The van der Waals surface area contributed by atoms with Gasteiger partial charge in [-0.25, -0.2) is 0 Å². The Morgan fingerprint density at radius 1 is 0.636 bits per heavy atom. The van der Waals surface area contributed by atoms with Crippen molar-refractivity contribution in [3.05, 3.63) is 0 Å². The summed E-state index contributed by atoms with van der Waals surface area (Å²) in [5.41, 5.74) is 0. The molecule has 44 heavy (non-hydrogen) atoms. The minimum absolute atomic E-state index is 0.00751. The van der Waals surface area contributed by atoms with Crippen LogP contribution in [0, 0.1) is 5.92 Å². The van der Waals surface area contributed by atoms with Crippen molar-refractivity contribution in [1.29, 1.82) is 0 Å². The van der Waals surface area contributed by atoms with E-state index in [1.54, 1.807) is 0 Å². The van der Waals surface area contributed by atoms with E-state index in [4.69, 9.17) is 14.2 Å². The highest BCUT2D eigenvalue weighted by molar-refractivity contribution is 5.74. The molecular formula is C37H68O7. The van der Waals surface area contributed by atoms with Crippen LogP contribution in [-0.4, -0.2) is 70.1 Å². The zero-order chi connectivity index (χ0) is 31.6. The van der Waals surface area contributed by atoms with Crippen LogP contribution in [0.5, 0.6) is 0 Å². The second-order valence-corrected chi connectivity index (χ2v) is 14.5. The van der Waals surface area contributed by atoms with Crippen LogP contribution in [0.4, 0.5) is 0 Å². The molecule has 0 spiro atoms. The summed E-state index contributed by atoms with van der Waals surface area (Å²) in [6, 6.07) is 0. The molecule has 0 aromatic rings. The number of carbonyl (C=O) groups excluding carboxylic acids is 1. The van der Waals surface area contributed by atoms with Gasteiger partial charge in [-0.05, 0) is 64.7 Å². The van der Waals surface area contributed by atoms with E-state index in [1.165, 1.54) is 70.6 Å². The third-order valence-electron chi connectivity index (χ3n) is 10.4. The predicted octanol–water partition coefficient (Wildman–Crippen LogP) is 7.94. The lowest BCUT2D eigenvalue weighted by atomic mass is 9.95. The molecule has 3 saturated heterocycles. The minimum atomic E-state index is -0.398. The van der Waals surface area contributed by atoms with Crippen LogP contribution >= 0.6 is 0 Å². The molecule has 0 radical (unpaired) electrons. The van der Waals surface area contributed by atoms with E-state index in [0.717, 1.165) is 83.5 Å². The van der Waals surface area contributed by atoms with Gasteiger partial charge in [0.1, 0.15) is 0 Å². The number of rotatable bonds is 25. The molecule has 0 aromatic heterocycles. The van der Waals surface area contributed by atoms with Crippen LogP contribution in [0.2, 0.25) is 0 Å². The van der Waals surface area contributed by atoms with Gasteiger partial charge in [0, 0.05) is 0 Å². The fourth-order valence-corrected chi connectivity index (χ4v) is 7.62. The van der Waals surface area contributed by atoms with Crippen molar-refractivity contribution in [2.45, 2.75) is 223 Å². The number of esters is 1. The molecule has 0 aromatic carbocycles. The third-order valence-corrected chi connectivity index (χ3v) is 10.4. The van der Waals surface area contributed by atoms with Crippen LogP contribution in [0.25, 0.3) is 0 Å². The number of hydrogen-bond acceptors (Lipinski definition) is 7. The lowest BCUT2D eigenvalue weighted by Gasteiger charge is -2.24. The average molecular weight is 625 g/mol. The molecule has 9 atom stereocenters. The molecule has 3 fully saturated rings. The fraction of sp³-hybridized carbons (Fsp3) is 0.973. The first-order chi connectivity index (χ1) is 21.4. The maximum Gasteiger partial charge on any atom is 0.309 e. The number of ether oxygens (including phenoxy) is 3. The highest BCUT2D eigenvalue weighted by atomic mass is 16.6. The summed E-state index contributed by atoms with van der Waals surface area (Å²) in [5, 5.41) is 31.7. The first-order valence-electron chi connectivity index (χ1n) is 18.9. The molecule has 0 amide bonds. The highest BCUT2D eigenvalue weighted by Gasteiger charge is 2.40. The molecule has 3 N–H and O–H groups in total. The number of hydrogen-bond donors (Lipinski definition) is 3. The number of unbranched alkanes of at least 4 members (excludes halogenated alkanes) is 14. The highest BCUT2D eigenvalue weighted by Crippen LogP contribution is 2.35. The Kier molecular flexibility index (Phi) is 18.8. The number of cyclic esters (lactones) is 1. The molecule has 0 aliphatic carbocycles. The van der Waals surface area contributed by atoms with Crippen molar-refractivity contribution in [2.24, 2.45) is 5.92 Å². The van der Waals surface area contributed by atoms with Crippen LogP contribution < -0.4 is 0 Å². The first-order valence-corrected chi connectivity index (χ1v) is 18.9. The van der Waals surface area contributed by atoms with Gasteiger partial charge in [-0.1, -0.05) is 110 Å². The summed E-state index contributed by atoms with van der Waals surface area (Å²) in [4.78, 5) is 11.7. The molecule has 258 valence electrons. The number of carbonyl (C=O) groups is 1. The lowest BCUT2D eigenvalue weighted by Crippen LogP contribution is -2.33. The van der Waals surface area contributed by atoms with Crippen LogP contribution in [0.1, 0.15) is 174 Å². The smallest absolute Gasteiger partial charge is 0.309 e. The van der Waals surface area contributed by atoms with Crippen molar-refractivity contribution < 1.29 is 34.3 Å². The van der Waals surface area contributed by atoms with E-state index in [0.29, 0.717) is 6.42 Å². The zero-order valence-electron chi connectivity index (χ0n) is 28.3. The minimum Gasteiger partial charge on any atom is -0.462 e. The summed E-state index contributed by atoms with van der Waals surface area (Å²) in [6.07, 6.45) is 25.6. The maximum atomic E-state index is 11.7. The van der Waals surface area contributed by atoms with Gasteiger partial charge in [0.25, 0.3) is 0 Å². The Bertz CT molecular complexity index is 747. The monoisotopic (exact) mass is 624 g/mol. The second kappa shape index (κ2) is 22.0. The van der Waals surface area contributed by atoms with Gasteiger partial charge in [-0.15, -0.1) is 0 Å². The maximum absolute atomic E-state index is 11.7. The molecule has 3 aliphatic rings. The van der Waals surface area contributed by atoms with Crippen molar-refractivity contribution in [1.82, 2.24) is 0 Å². The zero-order valence-corrected chi connectivity index (χ0v) is 28.3. The van der Waals surface area contributed by atoms with Crippen LogP contribution in [-0.2, 0) is 19.0 Å². The predicted molar refractivity (Wildman–Crippen MR) is 175 cm³/mol. The molecule has 3 heterocycles. The van der Waals surface area contributed by atoms with Gasteiger partial charge in [-0.3, -0.25) is 4.79 Å².